The lowest BCUT2D eigenvalue weighted by Crippen LogP contribution is -2.47. The number of benzene rings is 1. The summed E-state index contributed by atoms with van der Waals surface area (Å²) in [6, 6.07) is 10.1. The van der Waals surface area contributed by atoms with Crippen LogP contribution >= 0.6 is 0 Å². The molecule has 1 aliphatic rings. The third-order valence-electron chi connectivity index (χ3n) is 5.03. The summed E-state index contributed by atoms with van der Waals surface area (Å²) in [5, 5.41) is 6.71. The number of rotatable bonds is 7. The second-order valence-electron chi connectivity index (χ2n) is 6.93. The summed E-state index contributed by atoms with van der Waals surface area (Å²) >= 11 is 0. The fraction of sp³-hybridized carbons (Fsp3) is 0.450. The van der Waals surface area contributed by atoms with Crippen LogP contribution in [0.2, 0.25) is 0 Å². The van der Waals surface area contributed by atoms with Gasteiger partial charge in [-0.25, -0.2) is 0 Å². The highest BCUT2D eigenvalue weighted by Gasteiger charge is 2.31. The van der Waals surface area contributed by atoms with Crippen LogP contribution in [0.1, 0.15) is 24.0 Å². The van der Waals surface area contributed by atoms with Crippen molar-refractivity contribution in [1.29, 1.82) is 0 Å². The molecule has 6 nitrogen and oxygen atoms in total. The van der Waals surface area contributed by atoms with Gasteiger partial charge in [0.05, 0.1) is 12.1 Å². The quantitative estimate of drug-likeness (QED) is 0.825. The molecule has 0 radical (unpaired) electrons. The summed E-state index contributed by atoms with van der Waals surface area (Å²) in [5.41, 5.74) is 2.30. The zero-order valence-electron chi connectivity index (χ0n) is 15.2. The van der Waals surface area contributed by atoms with Crippen LogP contribution in [-0.4, -0.2) is 58.5 Å². The number of aromatic amines is 1. The van der Waals surface area contributed by atoms with Crippen molar-refractivity contribution in [2.75, 3.05) is 26.7 Å². The smallest absolute Gasteiger partial charge is 0.227 e. The predicted molar refractivity (Wildman–Crippen MR) is 99.4 cm³/mol. The molecule has 2 heterocycles. The highest BCUT2D eigenvalue weighted by molar-refractivity contribution is 5.83. The maximum absolute atomic E-state index is 12.7. The highest BCUT2D eigenvalue weighted by atomic mass is 16.2. The first-order valence-corrected chi connectivity index (χ1v) is 9.18. The molecule has 1 atom stereocenters. The monoisotopic (exact) mass is 354 g/mol. The van der Waals surface area contributed by atoms with Crippen molar-refractivity contribution in [2.45, 2.75) is 25.7 Å². The molecule has 3 rings (SSSR count). The van der Waals surface area contributed by atoms with E-state index in [1.54, 1.807) is 11.1 Å². The standard InChI is InChI=1S/C20H26N4O2/c1-23(11-9-17-13-21-22-14-17)20(26)18-7-8-19(25)24(15-18)12-10-16-5-3-2-4-6-16/h2-6,13-14,18H,7-12,15H2,1H3,(H,21,22)/t18-/m0/s1. The van der Waals surface area contributed by atoms with Gasteiger partial charge in [0.15, 0.2) is 0 Å². The number of hydrogen-bond acceptors (Lipinski definition) is 3. The van der Waals surface area contributed by atoms with E-state index in [-0.39, 0.29) is 17.7 Å². The Bertz CT molecular complexity index is 715. The third-order valence-corrected chi connectivity index (χ3v) is 5.03. The van der Waals surface area contributed by atoms with Gasteiger partial charge in [-0.05, 0) is 30.4 Å². The van der Waals surface area contributed by atoms with Gasteiger partial charge in [-0.15, -0.1) is 0 Å². The van der Waals surface area contributed by atoms with Crippen molar-refractivity contribution in [3.8, 4) is 0 Å². The van der Waals surface area contributed by atoms with E-state index in [1.165, 1.54) is 5.56 Å². The van der Waals surface area contributed by atoms with Gasteiger partial charge < -0.3 is 9.80 Å². The van der Waals surface area contributed by atoms with E-state index >= 15 is 0 Å². The summed E-state index contributed by atoms with van der Waals surface area (Å²) in [5.74, 6) is 0.189. The molecule has 0 aliphatic carbocycles. The SMILES string of the molecule is CN(CCc1cn[nH]c1)C(=O)[C@H]1CCC(=O)N(CCc2ccccc2)C1. The van der Waals surface area contributed by atoms with Gasteiger partial charge in [0.25, 0.3) is 0 Å². The number of carbonyl (C=O) groups excluding carboxylic acids is 2. The fourth-order valence-electron chi connectivity index (χ4n) is 3.37. The molecule has 0 saturated carbocycles. The maximum atomic E-state index is 12.7. The molecule has 1 N–H and O–H groups in total. The maximum Gasteiger partial charge on any atom is 0.227 e. The Morgan fingerprint density at radius 3 is 2.81 bits per heavy atom. The van der Waals surface area contributed by atoms with Gasteiger partial charge in [-0.3, -0.25) is 14.7 Å². The first-order valence-electron chi connectivity index (χ1n) is 9.18. The largest absolute Gasteiger partial charge is 0.345 e. The molecule has 0 bridgehead atoms. The lowest BCUT2D eigenvalue weighted by atomic mass is 9.95. The Labute approximate surface area is 154 Å². The summed E-state index contributed by atoms with van der Waals surface area (Å²) < 4.78 is 0. The number of nitrogens with zero attached hydrogens (tertiary/aromatic N) is 3. The average molecular weight is 354 g/mol. The summed E-state index contributed by atoms with van der Waals surface area (Å²) in [4.78, 5) is 28.6. The van der Waals surface area contributed by atoms with Crippen molar-refractivity contribution in [3.63, 3.8) is 0 Å². The number of carbonyl (C=O) groups is 2. The molecular weight excluding hydrogens is 328 g/mol. The number of hydrogen-bond donors (Lipinski definition) is 1. The molecule has 1 aromatic carbocycles. The number of H-pyrrole nitrogens is 1. The van der Waals surface area contributed by atoms with Crippen LogP contribution in [0.3, 0.4) is 0 Å². The highest BCUT2D eigenvalue weighted by Crippen LogP contribution is 2.20. The number of likely N-dealkylation sites (N-methyl/N-ethyl adjacent to an activating group) is 1. The van der Waals surface area contributed by atoms with Crippen LogP contribution in [0.25, 0.3) is 0 Å². The zero-order chi connectivity index (χ0) is 18.4. The van der Waals surface area contributed by atoms with Crippen molar-refractivity contribution in [2.24, 2.45) is 5.92 Å². The van der Waals surface area contributed by atoms with Gasteiger partial charge >= 0.3 is 0 Å². The molecule has 2 amide bonds. The summed E-state index contributed by atoms with van der Waals surface area (Å²) in [7, 11) is 1.84. The van der Waals surface area contributed by atoms with Gasteiger partial charge in [0.2, 0.25) is 11.8 Å². The summed E-state index contributed by atoms with van der Waals surface area (Å²) in [6.45, 7) is 1.86. The van der Waals surface area contributed by atoms with Gasteiger partial charge in [-0.1, -0.05) is 30.3 Å². The van der Waals surface area contributed by atoms with E-state index in [1.807, 2.05) is 36.3 Å². The normalized spacial score (nSPS) is 17.3. The van der Waals surface area contributed by atoms with Gasteiger partial charge in [0.1, 0.15) is 0 Å². The Morgan fingerprint density at radius 1 is 1.27 bits per heavy atom. The van der Waals surface area contributed by atoms with Crippen molar-refractivity contribution in [1.82, 2.24) is 20.0 Å². The Balaban J connectivity index is 1.51. The van der Waals surface area contributed by atoms with Crippen molar-refractivity contribution >= 4 is 11.8 Å². The van der Waals surface area contributed by atoms with Crippen LogP contribution in [0.5, 0.6) is 0 Å². The Morgan fingerprint density at radius 2 is 2.08 bits per heavy atom. The van der Waals surface area contributed by atoms with Crippen molar-refractivity contribution in [3.05, 3.63) is 53.9 Å². The number of likely N-dealkylation sites (tertiary alicyclic amines) is 1. The molecule has 1 saturated heterocycles. The fourth-order valence-corrected chi connectivity index (χ4v) is 3.37. The number of nitrogens with one attached hydrogen (secondary N) is 1. The second-order valence-corrected chi connectivity index (χ2v) is 6.93. The molecule has 2 aromatic rings. The van der Waals surface area contributed by atoms with Crippen LogP contribution in [0, 0.1) is 5.92 Å². The Hall–Kier alpha value is -2.63. The number of aromatic nitrogens is 2. The first-order chi connectivity index (χ1) is 12.6. The molecule has 1 aliphatic heterocycles. The molecule has 26 heavy (non-hydrogen) atoms. The minimum absolute atomic E-state index is 0.0992. The molecule has 0 unspecified atom stereocenters. The van der Waals surface area contributed by atoms with E-state index in [2.05, 4.69) is 22.3 Å². The molecule has 1 aromatic heterocycles. The second kappa shape index (κ2) is 8.65. The van der Waals surface area contributed by atoms with Gasteiger partial charge in [0, 0.05) is 39.3 Å². The molecular formula is C20H26N4O2. The predicted octanol–water partition coefficient (Wildman–Crippen LogP) is 1.89. The van der Waals surface area contributed by atoms with E-state index in [9.17, 15) is 9.59 Å². The minimum atomic E-state index is -0.0992. The topological polar surface area (TPSA) is 69.3 Å². The summed E-state index contributed by atoms with van der Waals surface area (Å²) in [6.07, 6.45) is 6.34. The van der Waals surface area contributed by atoms with E-state index in [0.29, 0.717) is 32.5 Å². The van der Waals surface area contributed by atoms with E-state index in [0.717, 1.165) is 18.4 Å². The lowest BCUT2D eigenvalue weighted by molar-refractivity contribution is -0.142. The third kappa shape index (κ3) is 4.71. The number of piperidine rings is 1. The molecule has 1 fully saturated rings. The molecule has 0 spiro atoms. The average Bonchev–Trinajstić information content (AvgIpc) is 3.19. The van der Waals surface area contributed by atoms with Crippen LogP contribution < -0.4 is 0 Å². The van der Waals surface area contributed by atoms with Crippen LogP contribution in [0.15, 0.2) is 42.7 Å². The molecule has 138 valence electrons. The lowest BCUT2D eigenvalue weighted by Gasteiger charge is -2.34. The van der Waals surface area contributed by atoms with E-state index < -0.39 is 0 Å². The van der Waals surface area contributed by atoms with E-state index in [4.69, 9.17) is 0 Å². The zero-order valence-corrected chi connectivity index (χ0v) is 15.2. The molecule has 6 heteroatoms. The minimum Gasteiger partial charge on any atom is -0.345 e. The van der Waals surface area contributed by atoms with Gasteiger partial charge in [-0.2, -0.15) is 5.10 Å². The van der Waals surface area contributed by atoms with Crippen LogP contribution in [-0.2, 0) is 22.4 Å². The first kappa shape index (κ1) is 18.2. The number of amides is 2. The van der Waals surface area contributed by atoms with Crippen molar-refractivity contribution < 1.29 is 9.59 Å². The van der Waals surface area contributed by atoms with Crippen LogP contribution in [0.4, 0.5) is 0 Å². The Kier molecular flexibility index (Phi) is 6.04.